The van der Waals surface area contributed by atoms with Crippen molar-refractivity contribution < 1.29 is 62.6 Å². The number of carboxylic acids is 1. The molecule has 2 aliphatic carbocycles. The van der Waals surface area contributed by atoms with Crippen molar-refractivity contribution in [2.75, 3.05) is 70.5 Å². The molecule has 0 bridgehead atoms. The van der Waals surface area contributed by atoms with Gasteiger partial charge in [-0.25, -0.2) is 9.97 Å². The van der Waals surface area contributed by atoms with Gasteiger partial charge < -0.3 is 68.1 Å². The highest BCUT2D eigenvalue weighted by molar-refractivity contribution is 7.18. The number of likely N-dealkylation sites (N-methyl/N-ethyl adjacent to an activating group) is 2. The van der Waals surface area contributed by atoms with Crippen molar-refractivity contribution >= 4 is 104 Å². The van der Waals surface area contributed by atoms with E-state index < -0.39 is 89.6 Å². The molecule has 11 amide bonds. The topological polar surface area (TPSA) is 386 Å². The molecule has 2 aromatic heterocycles. The fourth-order valence-corrected chi connectivity index (χ4v) is 16.2. The average Bonchev–Trinajstić information content (AvgIpc) is 1.71. The Labute approximate surface area is 609 Å². The Hall–Kier alpha value is -8.58. The maximum atomic E-state index is 14.5. The Morgan fingerprint density at radius 1 is 0.592 bits per heavy atom. The molecule has 0 spiro atoms. The Morgan fingerprint density at radius 2 is 1.04 bits per heavy atom. The van der Waals surface area contributed by atoms with Gasteiger partial charge in [-0.3, -0.25) is 62.4 Å². The van der Waals surface area contributed by atoms with E-state index in [-0.39, 0.29) is 103 Å². The molecule has 30 heteroatoms. The van der Waals surface area contributed by atoms with Crippen molar-refractivity contribution in [2.24, 2.45) is 23.5 Å². The van der Waals surface area contributed by atoms with Crippen LogP contribution in [0.5, 0.6) is 0 Å². The number of anilines is 2. The second-order valence-electron chi connectivity index (χ2n) is 27.6. The maximum absolute atomic E-state index is 14.5. The van der Waals surface area contributed by atoms with Gasteiger partial charge in [0.1, 0.15) is 51.6 Å². The van der Waals surface area contributed by atoms with Crippen LogP contribution >= 0.6 is 22.7 Å². The number of aliphatic carboxylic acids is 1. The highest BCUT2D eigenvalue weighted by atomic mass is 32.1. The monoisotopic (exact) mass is 1460 g/mol. The second-order valence-corrected chi connectivity index (χ2v) is 29.6. The van der Waals surface area contributed by atoms with Crippen molar-refractivity contribution in [1.82, 2.24) is 61.5 Å². The number of hydrogen-bond donors (Lipinski definition) is 10. The molecule has 28 nitrogen and oxygen atoms in total. The molecular formula is C73H101N15O13S2. The molecule has 0 radical (unpaired) electrons. The quantitative estimate of drug-likeness (QED) is 0.0197. The smallest absolute Gasteiger partial charge is 0.320 e. The van der Waals surface area contributed by atoms with Gasteiger partial charge in [-0.05, 0) is 123 Å². The van der Waals surface area contributed by atoms with E-state index in [2.05, 4.69) is 42.5 Å². The number of amides is 11. The van der Waals surface area contributed by atoms with Crippen LogP contribution in [-0.4, -0.2) is 208 Å². The summed E-state index contributed by atoms with van der Waals surface area (Å²) in [5.41, 5.74) is 7.69. The minimum absolute atomic E-state index is 0.0619. The van der Waals surface area contributed by atoms with Gasteiger partial charge in [0.15, 0.2) is 10.0 Å². The van der Waals surface area contributed by atoms with Crippen LogP contribution < -0.4 is 48.3 Å². The summed E-state index contributed by atoms with van der Waals surface area (Å²) >= 11 is 1.98. The molecule has 3 saturated heterocycles. The van der Waals surface area contributed by atoms with Crippen molar-refractivity contribution in [3.63, 3.8) is 0 Å². The molecular weight excluding hydrogens is 1360 g/mol. The third-order valence-electron chi connectivity index (χ3n) is 20.5. The highest BCUT2D eigenvalue weighted by Gasteiger charge is 2.45. The number of nitrogens with zero attached hydrogens (tertiary/aromatic N) is 6. The van der Waals surface area contributed by atoms with E-state index in [0.29, 0.717) is 103 Å². The van der Waals surface area contributed by atoms with Gasteiger partial charge in [-0.2, -0.15) is 0 Å². The molecule has 103 heavy (non-hydrogen) atoms. The summed E-state index contributed by atoms with van der Waals surface area (Å²) in [6.45, 7) is 4.85. The van der Waals surface area contributed by atoms with Crippen LogP contribution in [0.25, 0.3) is 22.5 Å². The molecule has 3 aliphatic heterocycles. The van der Waals surface area contributed by atoms with Crippen molar-refractivity contribution in [1.29, 1.82) is 0 Å². The van der Waals surface area contributed by atoms with Gasteiger partial charge in [0.25, 0.3) is 11.8 Å². The molecule has 2 aromatic carbocycles. The zero-order valence-electron chi connectivity index (χ0n) is 59.5. The summed E-state index contributed by atoms with van der Waals surface area (Å²) in [4.78, 5) is 179. The summed E-state index contributed by atoms with van der Waals surface area (Å²) in [5, 5.41) is 33.8. The van der Waals surface area contributed by atoms with Crippen molar-refractivity contribution in [3.05, 3.63) is 70.7 Å². The number of hydrogen-bond acceptors (Lipinski definition) is 19. The zero-order valence-corrected chi connectivity index (χ0v) is 61.1. The lowest BCUT2D eigenvalue weighted by atomic mass is 9.83. The Morgan fingerprint density at radius 3 is 1.47 bits per heavy atom. The van der Waals surface area contributed by atoms with E-state index in [0.717, 1.165) is 91.8 Å². The minimum Gasteiger partial charge on any atom is -0.480 e. The molecule has 558 valence electrons. The number of carboxylic acid groups (broad SMARTS) is 1. The fraction of sp³-hybridized carbons (Fsp3) is 0.589. The maximum Gasteiger partial charge on any atom is 0.320 e. The standard InChI is InChI=1S/C73H101N15O13S2/c1-44(75-3)60(91)79-58(48-28-14-7-15-29-48)71(98)86-40-20-32-52(86)62(93)83-66-56(46-24-10-5-11-25-46)81-68(102-66)64(95)77-35-22-37-85(54(89)34-18-9-19-39-88-55(90)43-50(70(88)97)42-51(74)73(100)101)38-23-36-78-65(96)69-82-57(47-26-12-6-13-27-47)67(103-69)84-63(94)53-33-21-41-87(53)72(99)59(49-30-16-8-17-31-49)80-61(92)45(2)76-4/h5-6,10-13,24-27,44-45,48-53,58-59,75-76H,7-9,14-23,28-43,74H2,1-4H3,(H,77,95)(H,78,96)(H,79,91)(H,80,92)(H,83,93)(H,84,94)(H,100,101)/t44-,45-,50?,51?,52-,53-,58-,59-/m0/s1. The predicted octanol–water partition coefficient (Wildman–Crippen LogP) is 5.64. The van der Waals surface area contributed by atoms with Crippen LogP contribution in [0.2, 0.25) is 0 Å². The number of imide groups is 1. The van der Waals surface area contributed by atoms with Gasteiger partial charge in [-0.15, -0.1) is 0 Å². The molecule has 5 fully saturated rings. The lowest BCUT2D eigenvalue weighted by Gasteiger charge is -2.35. The predicted molar refractivity (Wildman–Crippen MR) is 390 cm³/mol. The molecule has 4 aromatic rings. The normalized spacial score (nSPS) is 19.4. The lowest BCUT2D eigenvalue weighted by Crippen LogP contribution is -2.57. The Balaban J connectivity index is 0.840. The molecule has 9 rings (SSSR count). The third-order valence-corrected chi connectivity index (χ3v) is 22.4. The first kappa shape index (κ1) is 78.6. The largest absolute Gasteiger partial charge is 0.480 e. The summed E-state index contributed by atoms with van der Waals surface area (Å²) in [6.07, 6.45) is 12.7. The van der Waals surface area contributed by atoms with Gasteiger partial charge in [0.2, 0.25) is 53.2 Å². The van der Waals surface area contributed by atoms with Crippen LogP contribution in [0.3, 0.4) is 0 Å². The molecule has 2 saturated carbocycles. The van der Waals surface area contributed by atoms with Gasteiger partial charge in [0.05, 0.1) is 12.1 Å². The zero-order chi connectivity index (χ0) is 73.7. The van der Waals surface area contributed by atoms with E-state index in [1.807, 2.05) is 60.7 Å². The highest BCUT2D eigenvalue weighted by Crippen LogP contribution is 2.38. The number of unbranched alkanes of at least 4 members (excludes halogenated alkanes) is 2. The summed E-state index contributed by atoms with van der Waals surface area (Å²) in [5.74, 6) is -6.39. The second kappa shape index (κ2) is 38.3. The molecule has 5 aliphatic rings. The minimum atomic E-state index is -1.28. The number of nitrogens with two attached hydrogens (primary N) is 1. The summed E-state index contributed by atoms with van der Waals surface area (Å²) in [6, 6.07) is 12.6. The van der Waals surface area contributed by atoms with Crippen LogP contribution in [0, 0.1) is 17.8 Å². The number of likely N-dealkylation sites (tertiary alicyclic amines) is 3. The third kappa shape index (κ3) is 20.9. The van der Waals surface area contributed by atoms with Gasteiger partial charge in [-0.1, -0.05) is 128 Å². The van der Waals surface area contributed by atoms with E-state index in [9.17, 15) is 62.6 Å². The summed E-state index contributed by atoms with van der Waals surface area (Å²) < 4.78 is 0. The molecule has 11 N–H and O–H groups in total. The SMILES string of the molecule is CN[C@@H](C)C(=O)N[C@H](C(=O)N1CCC[C@H]1C(=O)Nc1sc(C(=O)NCCCN(CCCNC(=O)c2nc(-c3ccccc3)c(NC(=O)[C@@H]3CCCN3C(=O)[C@@H](NC(=O)[C@H](C)NC)C3CCCCC3)s2)C(=O)CCCCCN2C(=O)CC(CC(N)C(=O)O)C2=O)nc1-c1ccccc1)C1CCCCC1. The molecule has 2 unspecified atom stereocenters. The van der Waals surface area contributed by atoms with Crippen molar-refractivity contribution in [3.8, 4) is 22.5 Å². The van der Waals surface area contributed by atoms with E-state index in [1.165, 1.54) is 0 Å². The average molecular weight is 1460 g/mol. The number of aromatic nitrogens is 2. The van der Waals surface area contributed by atoms with Crippen LogP contribution in [-0.2, 0) is 47.9 Å². The van der Waals surface area contributed by atoms with E-state index in [4.69, 9.17) is 15.7 Å². The molecule has 8 atom stereocenters. The molecule has 5 heterocycles. The van der Waals surface area contributed by atoms with Gasteiger partial charge >= 0.3 is 5.97 Å². The van der Waals surface area contributed by atoms with Crippen LogP contribution in [0.15, 0.2) is 60.7 Å². The van der Waals surface area contributed by atoms with E-state index >= 15 is 0 Å². The van der Waals surface area contributed by atoms with Crippen LogP contribution in [0.4, 0.5) is 10.0 Å². The van der Waals surface area contributed by atoms with Gasteiger partial charge in [0, 0.05) is 75.7 Å². The number of rotatable bonds is 35. The number of nitrogens with one attached hydrogen (secondary N) is 8. The first-order chi connectivity index (χ1) is 49.6. The fourth-order valence-electron chi connectivity index (χ4n) is 14.4. The van der Waals surface area contributed by atoms with Crippen LogP contribution in [0.1, 0.15) is 175 Å². The Bertz CT molecular complexity index is 3450. The first-order valence-corrected chi connectivity index (χ1v) is 38.3. The number of benzene rings is 2. The number of thiazole rings is 2. The lowest BCUT2D eigenvalue weighted by molar-refractivity contribution is -0.142. The van der Waals surface area contributed by atoms with E-state index in [1.54, 1.807) is 42.6 Å². The number of carbonyl (C=O) groups is 12. The Kier molecular flexibility index (Phi) is 29.2. The summed E-state index contributed by atoms with van der Waals surface area (Å²) in [7, 11) is 3.36. The first-order valence-electron chi connectivity index (χ1n) is 36.6. The van der Waals surface area contributed by atoms with Crippen molar-refractivity contribution in [2.45, 2.75) is 197 Å². The number of carbonyl (C=O) groups excluding carboxylic acids is 11.